The number of ketones is 2. The summed E-state index contributed by atoms with van der Waals surface area (Å²) in [6.07, 6.45) is -2.44. The summed E-state index contributed by atoms with van der Waals surface area (Å²) in [7, 11) is 0. The zero-order chi connectivity index (χ0) is 19.5. The quantitative estimate of drug-likeness (QED) is 0.558. The predicted molar refractivity (Wildman–Crippen MR) is 96.6 cm³/mol. The predicted octanol–water partition coefficient (Wildman–Crippen LogP) is 2.40. The van der Waals surface area contributed by atoms with Crippen LogP contribution in [0.3, 0.4) is 0 Å². The first-order chi connectivity index (χ1) is 12.8. The molecular weight excluding hydrogens is 372 g/mol. The van der Waals surface area contributed by atoms with Crippen LogP contribution in [0.2, 0.25) is 0 Å². The average Bonchev–Trinajstić information content (AvgIpc) is 2.65. The van der Waals surface area contributed by atoms with Gasteiger partial charge in [-0.15, -0.1) is 11.6 Å². The van der Waals surface area contributed by atoms with E-state index in [0.717, 1.165) is 0 Å². The Kier molecular flexibility index (Phi) is 4.22. The summed E-state index contributed by atoms with van der Waals surface area (Å²) in [6, 6.07) is 7.69. The van der Waals surface area contributed by atoms with Crippen LogP contribution in [0.5, 0.6) is 11.5 Å². The molecule has 0 saturated carbocycles. The molecule has 0 aliphatic heterocycles. The van der Waals surface area contributed by atoms with E-state index in [9.17, 15) is 30.0 Å². The number of aliphatic hydroxyl groups excluding tert-OH is 2. The third-order valence-corrected chi connectivity index (χ3v) is 5.89. The van der Waals surface area contributed by atoms with Crippen LogP contribution in [0.25, 0.3) is 0 Å². The standard InChI is InChI=1S/C20H17ClO6/c21-17-18(25)15-10(5-7-13(24)16(15)19(26)20(17)27)8-4-6-12(23)14-9(8)2-1-3-11(14)22/h1-3,5,7-8,17,19-20,22,24,26-27H,4,6H2/t8-,17-,19-,20+/m1/s1. The lowest BCUT2D eigenvalue weighted by molar-refractivity contribution is 0.00949. The maximum Gasteiger partial charge on any atom is 0.184 e. The number of Topliss-reactive ketones (excluding diaryl/α,β-unsaturated/α-hetero) is 2. The molecule has 0 aromatic heterocycles. The molecule has 4 atom stereocenters. The number of fused-ring (bicyclic) bond motifs is 2. The minimum atomic E-state index is -1.53. The Hall–Kier alpha value is -2.41. The van der Waals surface area contributed by atoms with E-state index in [1.165, 1.54) is 12.1 Å². The summed E-state index contributed by atoms with van der Waals surface area (Å²) in [5, 5.41) is 39.4. The van der Waals surface area contributed by atoms with Crippen molar-refractivity contribution >= 4 is 23.2 Å². The third kappa shape index (κ3) is 2.56. The van der Waals surface area contributed by atoms with E-state index in [4.69, 9.17) is 11.6 Å². The van der Waals surface area contributed by atoms with E-state index in [1.807, 2.05) is 0 Å². The summed E-state index contributed by atoms with van der Waals surface area (Å²) in [5.74, 6) is -1.58. The first kappa shape index (κ1) is 18.0. The minimum Gasteiger partial charge on any atom is -0.508 e. The molecule has 0 radical (unpaired) electrons. The molecule has 4 N–H and O–H groups in total. The fourth-order valence-electron chi connectivity index (χ4n) is 4.14. The van der Waals surface area contributed by atoms with Gasteiger partial charge >= 0.3 is 0 Å². The lowest BCUT2D eigenvalue weighted by Crippen LogP contribution is -2.41. The maximum atomic E-state index is 12.8. The van der Waals surface area contributed by atoms with Crippen LogP contribution in [0.15, 0.2) is 30.3 Å². The van der Waals surface area contributed by atoms with E-state index < -0.39 is 29.3 Å². The van der Waals surface area contributed by atoms with Crippen molar-refractivity contribution in [3.05, 3.63) is 58.1 Å². The van der Waals surface area contributed by atoms with Gasteiger partial charge in [0.25, 0.3) is 0 Å². The van der Waals surface area contributed by atoms with Gasteiger partial charge in [-0.2, -0.15) is 0 Å². The van der Waals surface area contributed by atoms with Gasteiger partial charge in [-0.25, -0.2) is 0 Å². The normalized spacial score (nSPS) is 27.2. The molecule has 140 valence electrons. The first-order valence-corrected chi connectivity index (χ1v) is 9.01. The van der Waals surface area contributed by atoms with E-state index in [0.29, 0.717) is 17.5 Å². The number of halogens is 1. The molecule has 0 spiro atoms. The largest absolute Gasteiger partial charge is 0.508 e. The molecule has 0 unspecified atom stereocenters. The summed E-state index contributed by atoms with van der Waals surface area (Å²) in [6.45, 7) is 0. The molecule has 2 aliphatic rings. The number of phenolic OH excluding ortho intramolecular Hbond substituents is 2. The Morgan fingerprint density at radius 2 is 1.63 bits per heavy atom. The topological polar surface area (TPSA) is 115 Å². The molecule has 0 bridgehead atoms. The van der Waals surface area contributed by atoms with Gasteiger partial charge in [0.15, 0.2) is 11.6 Å². The number of benzene rings is 2. The number of alkyl halides is 1. The lowest BCUT2D eigenvalue weighted by Gasteiger charge is -2.34. The van der Waals surface area contributed by atoms with Gasteiger partial charge in [-0.05, 0) is 29.7 Å². The van der Waals surface area contributed by atoms with Crippen LogP contribution >= 0.6 is 11.6 Å². The van der Waals surface area contributed by atoms with E-state index in [2.05, 4.69) is 0 Å². The fourth-order valence-corrected chi connectivity index (χ4v) is 4.39. The van der Waals surface area contributed by atoms with Crippen LogP contribution in [0.1, 0.15) is 62.3 Å². The van der Waals surface area contributed by atoms with Gasteiger partial charge < -0.3 is 20.4 Å². The molecule has 2 aromatic rings. The zero-order valence-electron chi connectivity index (χ0n) is 14.1. The second-order valence-corrected chi connectivity index (χ2v) is 7.39. The van der Waals surface area contributed by atoms with Crippen molar-refractivity contribution in [1.82, 2.24) is 0 Å². The molecule has 0 fully saturated rings. The van der Waals surface area contributed by atoms with Gasteiger partial charge in [0.2, 0.25) is 0 Å². The van der Waals surface area contributed by atoms with Crippen molar-refractivity contribution < 1.29 is 30.0 Å². The highest BCUT2D eigenvalue weighted by atomic mass is 35.5. The van der Waals surface area contributed by atoms with E-state index >= 15 is 0 Å². The number of carbonyl (C=O) groups is 2. The number of rotatable bonds is 1. The summed E-state index contributed by atoms with van der Waals surface area (Å²) >= 11 is 6.02. The molecule has 6 nitrogen and oxygen atoms in total. The number of hydrogen-bond donors (Lipinski definition) is 4. The van der Waals surface area contributed by atoms with Gasteiger partial charge in [0.1, 0.15) is 29.1 Å². The van der Waals surface area contributed by atoms with Gasteiger partial charge in [0.05, 0.1) is 5.56 Å². The highest BCUT2D eigenvalue weighted by Crippen LogP contribution is 2.46. The van der Waals surface area contributed by atoms with Crippen LogP contribution in [-0.2, 0) is 0 Å². The molecule has 2 aromatic carbocycles. The third-order valence-electron chi connectivity index (χ3n) is 5.44. The SMILES string of the molecule is O=C1CC[C@@H](c2ccc(O)c3c2C(=O)[C@@H](Cl)[C@H](O)[C@@H]3O)c2cccc(O)c21. The molecule has 0 heterocycles. The molecule has 4 rings (SSSR count). The second kappa shape index (κ2) is 6.34. The Morgan fingerprint density at radius 3 is 2.37 bits per heavy atom. The Morgan fingerprint density at radius 1 is 0.926 bits per heavy atom. The molecular formula is C20H17ClO6. The zero-order valence-corrected chi connectivity index (χ0v) is 14.8. The van der Waals surface area contributed by atoms with E-state index in [1.54, 1.807) is 18.2 Å². The first-order valence-electron chi connectivity index (χ1n) is 8.58. The Labute approximate surface area is 159 Å². The van der Waals surface area contributed by atoms with Crippen molar-refractivity contribution in [1.29, 1.82) is 0 Å². The van der Waals surface area contributed by atoms with Crippen molar-refractivity contribution in [3.8, 4) is 11.5 Å². The number of carbonyl (C=O) groups excluding carboxylic acids is 2. The van der Waals surface area contributed by atoms with Gasteiger partial charge in [-0.1, -0.05) is 18.2 Å². The van der Waals surface area contributed by atoms with Crippen LogP contribution < -0.4 is 0 Å². The Balaban J connectivity index is 1.96. The van der Waals surface area contributed by atoms with Crippen molar-refractivity contribution in [2.45, 2.75) is 36.3 Å². The van der Waals surface area contributed by atoms with E-state index in [-0.39, 0.29) is 40.4 Å². The maximum absolute atomic E-state index is 12.8. The molecule has 7 heteroatoms. The number of aliphatic hydroxyl groups is 2. The second-order valence-electron chi connectivity index (χ2n) is 6.92. The summed E-state index contributed by atoms with van der Waals surface area (Å²) in [5.41, 5.74) is 1.33. The number of aromatic hydroxyl groups is 2. The van der Waals surface area contributed by atoms with Gasteiger partial charge in [0, 0.05) is 23.5 Å². The highest BCUT2D eigenvalue weighted by molar-refractivity contribution is 6.35. The lowest BCUT2D eigenvalue weighted by atomic mass is 9.73. The molecule has 2 aliphatic carbocycles. The summed E-state index contributed by atoms with van der Waals surface area (Å²) < 4.78 is 0. The molecule has 27 heavy (non-hydrogen) atoms. The van der Waals surface area contributed by atoms with Crippen LogP contribution in [-0.4, -0.2) is 43.5 Å². The van der Waals surface area contributed by atoms with Crippen molar-refractivity contribution in [3.63, 3.8) is 0 Å². The Bertz CT molecular complexity index is 969. The smallest absolute Gasteiger partial charge is 0.184 e. The monoisotopic (exact) mass is 388 g/mol. The summed E-state index contributed by atoms with van der Waals surface area (Å²) in [4.78, 5) is 25.1. The minimum absolute atomic E-state index is 0.0551. The van der Waals surface area contributed by atoms with Crippen molar-refractivity contribution in [2.24, 2.45) is 0 Å². The molecule has 0 saturated heterocycles. The number of phenols is 2. The van der Waals surface area contributed by atoms with Gasteiger partial charge in [-0.3, -0.25) is 9.59 Å². The van der Waals surface area contributed by atoms with Crippen molar-refractivity contribution in [2.75, 3.05) is 0 Å². The fraction of sp³-hybridized carbons (Fsp3) is 0.300. The number of hydrogen-bond acceptors (Lipinski definition) is 6. The highest BCUT2D eigenvalue weighted by Gasteiger charge is 2.44. The molecule has 0 amide bonds. The van der Waals surface area contributed by atoms with Crippen LogP contribution in [0.4, 0.5) is 0 Å². The van der Waals surface area contributed by atoms with Crippen LogP contribution in [0, 0.1) is 0 Å². The average molecular weight is 389 g/mol.